The first kappa shape index (κ1) is 14.6. The lowest BCUT2D eigenvalue weighted by atomic mass is 9.98. The van der Waals surface area contributed by atoms with Gasteiger partial charge in [-0.1, -0.05) is 60.1 Å². The Morgan fingerprint density at radius 2 is 1.68 bits per heavy atom. The minimum atomic E-state index is 0.00787. The number of hydrogen-bond donors (Lipinski definition) is 1. The summed E-state index contributed by atoms with van der Waals surface area (Å²) in [6.45, 7) is 2.05. The van der Waals surface area contributed by atoms with Gasteiger partial charge in [0.25, 0.3) is 0 Å². The number of pyridine rings is 1. The molecule has 0 saturated carbocycles. The maximum Gasteiger partial charge on any atom is 0.129 e. The van der Waals surface area contributed by atoms with Crippen LogP contribution in [0.5, 0.6) is 0 Å². The van der Waals surface area contributed by atoms with Gasteiger partial charge in [0.2, 0.25) is 0 Å². The summed E-state index contributed by atoms with van der Waals surface area (Å²) in [6, 6.07) is 22.2. The van der Waals surface area contributed by atoms with Gasteiger partial charge in [-0.25, -0.2) is 4.98 Å². The second-order valence-electron chi connectivity index (χ2n) is 5.21. The number of rotatable bonds is 4. The van der Waals surface area contributed by atoms with Gasteiger partial charge in [0, 0.05) is 11.2 Å². The van der Waals surface area contributed by atoms with Crippen LogP contribution in [0.2, 0.25) is 5.02 Å². The Bertz CT molecular complexity index is 756. The molecule has 0 aliphatic heterocycles. The number of anilines is 1. The van der Waals surface area contributed by atoms with E-state index in [9.17, 15) is 0 Å². The molecule has 0 radical (unpaired) electrons. The minimum Gasteiger partial charge on any atom is -0.359 e. The molecule has 1 N–H and O–H groups in total. The van der Waals surface area contributed by atoms with E-state index in [2.05, 4.69) is 41.5 Å². The van der Waals surface area contributed by atoms with Crippen LogP contribution in [0, 0.1) is 6.92 Å². The Kier molecular flexibility index (Phi) is 4.40. The fraction of sp³-hybridized carbons (Fsp3) is 0.105. The molecule has 110 valence electrons. The SMILES string of the molecule is Cc1cccnc1NC(c1ccccc1)c1cccc(Cl)c1. The average Bonchev–Trinajstić information content (AvgIpc) is 2.55. The second-order valence-corrected chi connectivity index (χ2v) is 5.65. The first-order valence-electron chi connectivity index (χ1n) is 7.22. The third-order valence-electron chi connectivity index (χ3n) is 3.61. The number of nitrogens with one attached hydrogen (secondary N) is 1. The van der Waals surface area contributed by atoms with E-state index in [1.165, 1.54) is 5.56 Å². The predicted molar refractivity (Wildman–Crippen MR) is 92.3 cm³/mol. The van der Waals surface area contributed by atoms with Crippen LogP contribution in [0.25, 0.3) is 0 Å². The van der Waals surface area contributed by atoms with Crippen molar-refractivity contribution in [3.05, 3.63) is 94.6 Å². The molecule has 3 heteroatoms. The first-order valence-corrected chi connectivity index (χ1v) is 7.60. The van der Waals surface area contributed by atoms with Crippen LogP contribution in [-0.2, 0) is 0 Å². The van der Waals surface area contributed by atoms with Crippen LogP contribution in [-0.4, -0.2) is 4.98 Å². The zero-order valence-electron chi connectivity index (χ0n) is 12.3. The first-order chi connectivity index (χ1) is 10.7. The van der Waals surface area contributed by atoms with E-state index in [0.717, 1.165) is 22.0 Å². The second kappa shape index (κ2) is 6.63. The monoisotopic (exact) mass is 308 g/mol. The standard InChI is InChI=1S/C19H17ClN2/c1-14-7-6-12-21-19(14)22-18(15-8-3-2-4-9-15)16-10-5-11-17(20)13-16/h2-13,18H,1H3,(H,21,22). The van der Waals surface area contributed by atoms with Gasteiger partial charge in [0.05, 0.1) is 6.04 Å². The molecular formula is C19H17ClN2. The van der Waals surface area contributed by atoms with E-state index >= 15 is 0 Å². The maximum absolute atomic E-state index is 6.17. The molecule has 0 spiro atoms. The number of hydrogen-bond acceptors (Lipinski definition) is 2. The summed E-state index contributed by atoms with van der Waals surface area (Å²) in [6.07, 6.45) is 1.80. The van der Waals surface area contributed by atoms with Gasteiger partial charge < -0.3 is 5.32 Å². The van der Waals surface area contributed by atoms with E-state index in [4.69, 9.17) is 11.6 Å². The Labute approximate surface area is 135 Å². The van der Waals surface area contributed by atoms with Gasteiger partial charge in [-0.05, 0) is 41.8 Å². The molecule has 1 heterocycles. The molecule has 1 aromatic heterocycles. The Morgan fingerprint density at radius 3 is 2.41 bits per heavy atom. The number of halogens is 1. The van der Waals surface area contributed by atoms with Crippen molar-refractivity contribution in [2.45, 2.75) is 13.0 Å². The highest BCUT2D eigenvalue weighted by Crippen LogP contribution is 2.28. The van der Waals surface area contributed by atoms with Crippen LogP contribution < -0.4 is 5.32 Å². The van der Waals surface area contributed by atoms with Crippen molar-refractivity contribution in [2.75, 3.05) is 5.32 Å². The van der Waals surface area contributed by atoms with Crippen molar-refractivity contribution >= 4 is 17.4 Å². The molecule has 2 aromatic carbocycles. The molecular weight excluding hydrogens is 292 g/mol. The molecule has 0 saturated heterocycles. The summed E-state index contributed by atoms with van der Waals surface area (Å²) in [4.78, 5) is 4.45. The van der Waals surface area contributed by atoms with Crippen molar-refractivity contribution in [1.82, 2.24) is 4.98 Å². The van der Waals surface area contributed by atoms with Crippen LogP contribution >= 0.6 is 11.6 Å². The van der Waals surface area contributed by atoms with Crippen LogP contribution in [0.3, 0.4) is 0 Å². The van der Waals surface area contributed by atoms with Crippen molar-refractivity contribution in [3.8, 4) is 0 Å². The summed E-state index contributed by atoms with van der Waals surface area (Å²) in [5.41, 5.74) is 3.41. The van der Waals surface area contributed by atoms with Crippen LogP contribution in [0.4, 0.5) is 5.82 Å². The Hall–Kier alpha value is -2.32. The number of nitrogens with zero attached hydrogens (tertiary/aromatic N) is 1. The van der Waals surface area contributed by atoms with Gasteiger partial charge in [-0.15, -0.1) is 0 Å². The number of aryl methyl sites for hydroxylation is 1. The third-order valence-corrected chi connectivity index (χ3v) is 3.84. The normalized spacial score (nSPS) is 11.9. The molecule has 1 unspecified atom stereocenters. The fourth-order valence-corrected chi connectivity index (χ4v) is 2.66. The zero-order valence-corrected chi connectivity index (χ0v) is 13.1. The topological polar surface area (TPSA) is 24.9 Å². The van der Waals surface area contributed by atoms with E-state index in [0.29, 0.717) is 0 Å². The van der Waals surface area contributed by atoms with Gasteiger partial charge in [-0.2, -0.15) is 0 Å². The van der Waals surface area contributed by atoms with E-state index in [1.807, 2.05) is 42.5 Å². The molecule has 22 heavy (non-hydrogen) atoms. The van der Waals surface area contributed by atoms with Crippen molar-refractivity contribution in [2.24, 2.45) is 0 Å². The smallest absolute Gasteiger partial charge is 0.129 e. The lowest BCUT2D eigenvalue weighted by Gasteiger charge is -2.21. The third kappa shape index (κ3) is 3.29. The number of benzene rings is 2. The highest BCUT2D eigenvalue weighted by Gasteiger charge is 2.15. The molecule has 1 atom stereocenters. The van der Waals surface area contributed by atoms with Gasteiger partial charge in [0.15, 0.2) is 0 Å². The molecule has 0 bridgehead atoms. The molecule has 0 aliphatic carbocycles. The van der Waals surface area contributed by atoms with Gasteiger partial charge in [-0.3, -0.25) is 0 Å². The van der Waals surface area contributed by atoms with E-state index in [-0.39, 0.29) is 6.04 Å². The van der Waals surface area contributed by atoms with Gasteiger partial charge in [0.1, 0.15) is 5.82 Å². The summed E-state index contributed by atoms with van der Waals surface area (Å²) in [5, 5.41) is 4.27. The summed E-state index contributed by atoms with van der Waals surface area (Å²) in [7, 11) is 0. The van der Waals surface area contributed by atoms with Crippen molar-refractivity contribution in [3.63, 3.8) is 0 Å². The average molecular weight is 309 g/mol. The molecule has 0 aliphatic rings. The highest BCUT2D eigenvalue weighted by atomic mass is 35.5. The summed E-state index contributed by atoms with van der Waals surface area (Å²) < 4.78 is 0. The summed E-state index contributed by atoms with van der Waals surface area (Å²) in [5.74, 6) is 0.885. The van der Waals surface area contributed by atoms with E-state index in [1.54, 1.807) is 6.20 Å². The molecule has 2 nitrogen and oxygen atoms in total. The van der Waals surface area contributed by atoms with Crippen LogP contribution in [0.1, 0.15) is 22.7 Å². The molecule has 3 rings (SSSR count). The van der Waals surface area contributed by atoms with Crippen molar-refractivity contribution < 1.29 is 0 Å². The molecule has 3 aromatic rings. The van der Waals surface area contributed by atoms with Crippen molar-refractivity contribution in [1.29, 1.82) is 0 Å². The highest BCUT2D eigenvalue weighted by molar-refractivity contribution is 6.30. The lowest BCUT2D eigenvalue weighted by molar-refractivity contribution is 0.922. The number of aromatic nitrogens is 1. The zero-order chi connectivity index (χ0) is 15.4. The molecule has 0 fully saturated rings. The maximum atomic E-state index is 6.17. The quantitative estimate of drug-likeness (QED) is 0.712. The van der Waals surface area contributed by atoms with Gasteiger partial charge >= 0.3 is 0 Å². The Morgan fingerprint density at radius 1 is 0.909 bits per heavy atom. The summed E-state index contributed by atoms with van der Waals surface area (Å²) >= 11 is 6.17. The predicted octanol–water partition coefficient (Wildman–Crippen LogP) is 5.24. The largest absolute Gasteiger partial charge is 0.359 e. The fourth-order valence-electron chi connectivity index (χ4n) is 2.46. The lowest BCUT2D eigenvalue weighted by Crippen LogP contribution is -2.14. The van der Waals surface area contributed by atoms with Crippen LogP contribution in [0.15, 0.2) is 72.9 Å². The Balaban J connectivity index is 2.02. The molecule has 0 amide bonds. The van der Waals surface area contributed by atoms with E-state index < -0.39 is 0 Å². The minimum absolute atomic E-state index is 0.00787.